The summed E-state index contributed by atoms with van der Waals surface area (Å²) < 4.78 is 15.0. The number of carboxylic acids is 1. The molecule has 1 saturated heterocycles. The van der Waals surface area contributed by atoms with Crippen LogP contribution in [0.1, 0.15) is 0 Å². The Balaban J connectivity index is 2.40. The summed E-state index contributed by atoms with van der Waals surface area (Å²) in [5, 5.41) is 8.99. The molecule has 7 nitrogen and oxygen atoms in total. The number of hydrogen-bond donors (Lipinski definition) is 1. The van der Waals surface area contributed by atoms with Gasteiger partial charge in [0.05, 0.1) is 32.5 Å². The van der Waals surface area contributed by atoms with Gasteiger partial charge in [-0.1, -0.05) is 0 Å². The van der Waals surface area contributed by atoms with Crippen LogP contribution in [0.2, 0.25) is 0 Å². The fraction of sp³-hybridized carbons (Fsp3) is 0.818. The lowest BCUT2D eigenvalue weighted by atomic mass is 10.0. The Hall–Kier alpha value is -1.18. The molecule has 2 atom stereocenters. The Morgan fingerprint density at radius 2 is 2.11 bits per heavy atom. The number of ether oxygens (including phenoxy) is 3. The molecule has 2 unspecified atom stereocenters. The third-order valence-corrected chi connectivity index (χ3v) is 2.92. The molecule has 0 aromatic rings. The molecule has 0 radical (unpaired) electrons. The van der Waals surface area contributed by atoms with Crippen LogP contribution in [0.15, 0.2) is 0 Å². The number of aliphatic carboxylic acids is 1. The molecule has 1 fully saturated rings. The van der Waals surface area contributed by atoms with Crippen LogP contribution in [-0.4, -0.2) is 75.1 Å². The molecule has 1 aliphatic rings. The van der Waals surface area contributed by atoms with Gasteiger partial charge in [0, 0.05) is 14.2 Å². The van der Waals surface area contributed by atoms with E-state index in [0.717, 1.165) is 0 Å². The van der Waals surface area contributed by atoms with Crippen molar-refractivity contribution in [2.75, 3.05) is 47.2 Å². The minimum absolute atomic E-state index is 0.0807. The number of carbonyl (C=O) groups excluding carboxylic acids is 1. The van der Waals surface area contributed by atoms with Gasteiger partial charge in [-0.25, -0.2) is 0 Å². The van der Waals surface area contributed by atoms with E-state index in [-0.39, 0.29) is 25.7 Å². The monoisotopic (exact) mass is 261 g/mol. The molecule has 0 spiro atoms. The maximum absolute atomic E-state index is 11.8. The lowest BCUT2D eigenvalue weighted by Crippen LogP contribution is -2.45. The van der Waals surface area contributed by atoms with Crippen LogP contribution in [0, 0.1) is 5.92 Å². The first-order valence-electron chi connectivity index (χ1n) is 5.70. The summed E-state index contributed by atoms with van der Waals surface area (Å²) in [6.45, 7) is 1.06. The van der Waals surface area contributed by atoms with Crippen LogP contribution in [0.25, 0.3) is 0 Å². The van der Waals surface area contributed by atoms with Crippen LogP contribution in [0.4, 0.5) is 0 Å². The van der Waals surface area contributed by atoms with E-state index in [1.54, 1.807) is 14.2 Å². The Morgan fingerprint density at radius 1 is 1.39 bits per heavy atom. The highest BCUT2D eigenvalue weighted by Crippen LogP contribution is 2.19. The van der Waals surface area contributed by atoms with E-state index < -0.39 is 17.9 Å². The highest BCUT2D eigenvalue weighted by Gasteiger charge is 2.38. The number of likely N-dealkylation sites (N-methyl/N-ethyl adjacent to an activating group) is 1. The summed E-state index contributed by atoms with van der Waals surface area (Å²) in [6.07, 6.45) is 0. The average molecular weight is 261 g/mol. The third-order valence-electron chi connectivity index (χ3n) is 2.92. The molecular formula is C11H19NO6. The molecule has 1 heterocycles. The van der Waals surface area contributed by atoms with E-state index in [2.05, 4.69) is 0 Å². The van der Waals surface area contributed by atoms with Gasteiger partial charge in [0.2, 0.25) is 5.91 Å². The smallest absolute Gasteiger partial charge is 0.311 e. The van der Waals surface area contributed by atoms with Crippen LogP contribution in [0.5, 0.6) is 0 Å². The van der Waals surface area contributed by atoms with Crippen molar-refractivity contribution in [2.24, 2.45) is 5.92 Å². The molecule has 18 heavy (non-hydrogen) atoms. The largest absolute Gasteiger partial charge is 0.481 e. The molecule has 0 aromatic heterocycles. The first kappa shape index (κ1) is 14.9. The standard InChI is InChI=1S/C11H19NO6/c1-12(10(13)7-17-4-3-16-2)9-6-18-5-8(9)11(14)15/h8-9H,3-7H2,1-2H3,(H,14,15). The van der Waals surface area contributed by atoms with Crippen molar-refractivity contribution in [3.8, 4) is 0 Å². The van der Waals surface area contributed by atoms with Crippen LogP contribution >= 0.6 is 0 Å². The van der Waals surface area contributed by atoms with Crippen molar-refractivity contribution in [2.45, 2.75) is 6.04 Å². The molecule has 104 valence electrons. The van der Waals surface area contributed by atoms with E-state index in [1.165, 1.54) is 4.90 Å². The molecule has 1 amide bonds. The highest BCUT2D eigenvalue weighted by atomic mass is 16.5. The van der Waals surface area contributed by atoms with E-state index in [0.29, 0.717) is 13.2 Å². The lowest BCUT2D eigenvalue weighted by Gasteiger charge is -2.26. The summed E-state index contributed by atoms with van der Waals surface area (Å²) in [7, 11) is 3.11. The van der Waals surface area contributed by atoms with Gasteiger partial charge in [-0.05, 0) is 0 Å². The second kappa shape index (κ2) is 7.30. The maximum atomic E-state index is 11.8. The normalized spacial score (nSPS) is 23.0. The van der Waals surface area contributed by atoms with Crippen molar-refractivity contribution >= 4 is 11.9 Å². The summed E-state index contributed by atoms with van der Waals surface area (Å²) in [4.78, 5) is 24.1. The summed E-state index contributed by atoms with van der Waals surface area (Å²) in [5.74, 6) is -1.87. The minimum atomic E-state index is -0.947. The zero-order valence-corrected chi connectivity index (χ0v) is 10.6. The number of rotatable bonds is 7. The second-order valence-electron chi connectivity index (χ2n) is 4.10. The van der Waals surface area contributed by atoms with E-state index >= 15 is 0 Å². The van der Waals surface area contributed by atoms with Crippen molar-refractivity contribution in [3.05, 3.63) is 0 Å². The third kappa shape index (κ3) is 3.94. The van der Waals surface area contributed by atoms with E-state index in [9.17, 15) is 9.59 Å². The number of methoxy groups -OCH3 is 1. The van der Waals surface area contributed by atoms with Crippen LogP contribution in [-0.2, 0) is 23.8 Å². The van der Waals surface area contributed by atoms with Crippen LogP contribution < -0.4 is 0 Å². The molecule has 0 aliphatic carbocycles. The highest BCUT2D eigenvalue weighted by molar-refractivity contribution is 5.79. The Kier molecular flexibility index (Phi) is 6.03. The summed E-state index contributed by atoms with van der Waals surface area (Å²) in [5.41, 5.74) is 0. The van der Waals surface area contributed by atoms with Gasteiger partial charge in [0.25, 0.3) is 0 Å². The van der Waals surface area contributed by atoms with E-state index in [1.807, 2.05) is 0 Å². The average Bonchev–Trinajstić information content (AvgIpc) is 2.82. The van der Waals surface area contributed by atoms with Gasteiger partial charge in [0.15, 0.2) is 0 Å². The van der Waals surface area contributed by atoms with Crippen molar-refractivity contribution < 1.29 is 28.9 Å². The fourth-order valence-corrected chi connectivity index (χ4v) is 1.75. The van der Waals surface area contributed by atoms with Gasteiger partial charge in [0.1, 0.15) is 12.5 Å². The van der Waals surface area contributed by atoms with Gasteiger partial charge in [-0.2, -0.15) is 0 Å². The topological polar surface area (TPSA) is 85.3 Å². The number of carbonyl (C=O) groups is 2. The first-order valence-corrected chi connectivity index (χ1v) is 5.70. The van der Waals surface area contributed by atoms with Crippen molar-refractivity contribution in [1.82, 2.24) is 4.90 Å². The predicted molar refractivity (Wildman–Crippen MR) is 61.2 cm³/mol. The minimum Gasteiger partial charge on any atom is -0.481 e. The van der Waals surface area contributed by atoms with Gasteiger partial charge < -0.3 is 24.2 Å². The predicted octanol–water partition coefficient (Wildman–Crippen LogP) is -0.793. The molecule has 0 bridgehead atoms. The van der Waals surface area contributed by atoms with Crippen LogP contribution in [0.3, 0.4) is 0 Å². The summed E-state index contributed by atoms with van der Waals surface area (Å²) in [6, 6.07) is -0.430. The second-order valence-corrected chi connectivity index (χ2v) is 4.10. The molecular weight excluding hydrogens is 242 g/mol. The van der Waals surface area contributed by atoms with Crippen molar-refractivity contribution in [3.63, 3.8) is 0 Å². The van der Waals surface area contributed by atoms with Gasteiger partial charge in [-0.15, -0.1) is 0 Å². The first-order chi connectivity index (χ1) is 8.57. The number of carboxylic acid groups (broad SMARTS) is 1. The van der Waals surface area contributed by atoms with Crippen molar-refractivity contribution in [1.29, 1.82) is 0 Å². The molecule has 1 rings (SSSR count). The molecule has 0 aromatic carbocycles. The van der Waals surface area contributed by atoms with E-state index in [4.69, 9.17) is 19.3 Å². The lowest BCUT2D eigenvalue weighted by molar-refractivity contribution is -0.145. The quantitative estimate of drug-likeness (QED) is 0.604. The van der Waals surface area contributed by atoms with Gasteiger partial charge in [-0.3, -0.25) is 9.59 Å². The fourth-order valence-electron chi connectivity index (χ4n) is 1.75. The summed E-state index contributed by atoms with van der Waals surface area (Å²) >= 11 is 0. The molecule has 0 saturated carbocycles. The Morgan fingerprint density at radius 3 is 2.72 bits per heavy atom. The number of hydrogen-bond acceptors (Lipinski definition) is 5. The number of nitrogens with zero attached hydrogens (tertiary/aromatic N) is 1. The molecule has 1 aliphatic heterocycles. The number of amides is 1. The maximum Gasteiger partial charge on any atom is 0.311 e. The SMILES string of the molecule is COCCOCC(=O)N(C)C1COCC1C(=O)O. The Bertz CT molecular complexity index is 295. The zero-order valence-electron chi connectivity index (χ0n) is 10.6. The molecule has 1 N–H and O–H groups in total. The molecule has 7 heteroatoms. The zero-order chi connectivity index (χ0) is 13.5. The Labute approximate surface area is 106 Å². The van der Waals surface area contributed by atoms with Gasteiger partial charge >= 0.3 is 5.97 Å².